The lowest BCUT2D eigenvalue weighted by atomic mass is 9.94. The van der Waals surface area contributed by atoms with E-state index in [2.05, 4.69) is 10.1 Å². The molecule has 3 heterocycles. The van der Waals surface area contributed by atoms with Crippen molar-refractivity contribution in [1.82, 2.24) is 15.0 Å². The maximum absolute atomic E-state index is 12.5. The number of carbonyl (C=O) groups excluding carboxylic acids is 1. The van der Waals surface area contributed by atoms with Crippen LogP contribution in [0.5, 0.6) is 0 Å². The van der Waals surface area contributed by atoms with Crippen molar-refractivity contribution in [1.29, 1.82) is 0 Å². The Labute approximate surface area is 151 Å². The molecule has 1 atom stereocenters. The monoisotopic (exact) mass is 351 g/mol. The van der Waals surface area contributed by atoms with E-state index in [1.54, 1.807) is 12.1 Å². The number of nitrogens with zero attached hydrogens (tertiary/aromatic N) is 3. The highest BCUT2D eigenvalue weighted by molar-refractivity contribution is 5.91. The second kappa shape index (κ2) is 7.15. The number of rotatable bonds is 4. The summed E-state index contributed by atoms with van der Waals surface area (Å²) in [7, 11) is 0. The van der Waals surface area contributed by atoms with Crippen LogP contribution in [0.4, 0.5) is 0 Å². The zero-order chi connectivity index (χ0) is 17.9. The van der Waals surface area contributed by atoms with Gasteiger partial charge in [0, 0.05) is 25.1 Å². The van der Waals surface area contributed by atoms with Gasteiger partial charge in [-0.2, -0.15) is 4.98 Å². The Morgan fingerprint density at radius 3 is 2.96 bits per heavy atom. The molecule has 26 heavy (non-hydrogen) atoms. The van der Waals surface area contributed by atoms with Crippen molar-refractivity contribution in [2.75, 3.05) is 13.1 Å². The van der Waals surface area contributed by atoms with Gasteiger partial charge in [0.2, 0.25) is 11.7 Å². The SMILES string of the molecule is Cc1ccccc1-c1noc(C[C@H]2CCCN(C(=O)c3ccco3)C2)n1. The Hall–Kier alpha value is -2.89. The predicted molar refractivity (Wildman–Crippen MR) is 95.5 cm³/mol. The number of benzene rings is 1. The normalized spacial score (nSPS) is 17.4. The molecule has 1 amide bonds. The van der Waals surface area contributed by atoms with Gasteiger partial charge in [0.05, 0.1) is 6.26 Å². The third kappa shape index (κ3) is 3.40. The molecule has 0 bridgehead atoms. The van der Waals surface area contributed by atoms with Crippen molar-refractivity contribution in [3.63, 3.8) is 0 Å². The van der Waals surface area contributed by atoms with E-state index in [1.165, 1.54) is 6.26 Å². The molecule has 134 valence electrons. The summed E-state index contributed by atoms with van der Waals surface area (Å²) in [6.45, 7) is 3.47. The summed E-state index contributed by atoms with van der Waals surface area (Å²) < 4.78 is 10.7. The fourth-order valence-corrected chi connectivity index (χ4v) is 3.49. The van der Waals surface area contributed by atoms with Crippen LogP contribution >= 0.6 is 0 Å². The standard InChI is InChI=1S/C20H21N3O3/c1-14-6-2-3-8-16(14)19-21-18(26-22-19)12-15-7-4-10-23(13-15)20(24)17-9-5-11-25-17/h2-3,5-6,8-9,11,15H,4,7,10,12-13H2,1H3/t15-/m1/s1. The van der Waals surface area contributed by atoms with E-state index >= 15 is 0 Å². The lowest BCUT2D eigenvalue weighted by molar-refractivity contribution is 0.0636. The summed E-state index contributed by atoms with van der Waals surface area (Å²) in [5.74, 6) is 1.90. The van der Waals surface area contributed by atoms with Crippen LogP contribution in [0.3, 0.4) is 0 Å². The Morgan fingerprint density at radius 1 is 1.27 bits per heavy atom. The summed E-state index contributed by atoms with van der Waals surface area (Å²) in [5.41, 5.74) is 2.11. The molecule has 0 spiro atoms. The van der Waals surface area contributed by atoms with Crippen molar-refractivity contribution < 1.29 is 13.7 Å². The van der Waals surface area contributed by atoms with Crippen molar-refractivity contribution in [3.8, 4) is 11.4 Å². The summed E-state index contributed by atoms with van der Waals surface area (Å²) in [5, 5.41) is 4.13. The zero-order valence-corrected chi connectivity index (χ0v) is 14.7. The van der Waals surface area contributed by atoms with Crippen LogP contribution in [0.2, 0.25) is 0 Å². The molecule has 0 radical (unpaired) electrons. The minimum atomic E-state index is -0.0502. The van der Waals surface area contributed by atoms with Gasteiger partial charge in [-0.3, -0.25) is 4.79 Å². The van der Waals surface area contributed by atoms with Gasteiger partial charge < -0.3 is 13.8 Å². The molecule has 0 N–H and O–H groups in total. The van der Waals surface area contributed by atoms with Crippen molar-refractivity contribution in [2.45, 2.75) is 26.2 Å². The number of likely N-dealkylation sites (tertiary alicyclic amines) is 1. The van der Waals surface area contributed by atoms with E-state index in [0.29, 0.717) is 36.4 Å². The number of piperidine rings is 1. The minimum absolute atomic E-state index is 0.0502. The molecule has 3 aromatic rings. The smallest absolute Gasteiger partial charge is 0.289 e. The van der Waals surface area contributed by atoms with Crippen LogP contribution < -0.4 is 0 Å². The molecule has 2 aromatic heterocycles. The van der Waals surface area contributed by atoms with Gasteiger partial charge in [-0.15, -0.1) is 0 Å². The number of amides is 1. The van der Waals surface area contributed by atoms with Gasteiger partial charge in [0.15, 0.2) is 5.76 Å². The maximum atomic E-state index is 12.5. The summed E-state index contributed by atoms with van der Waals surface area (Å²) >= 11 is 0. The third-order valence-corrected chi connectivity index (χ3v) is 4.86. The number of aromatic nitrogens is 2. The third-order valence-electron chi connectivity index (χ3n) is 4.86. The van der Waals surface area contributed by atoms with Crippen molar-refractivity contribution in [3.05, 3.63) is 59.9 Å². The fraction of sp³-hybridized carbons (Fsp3) is 0.350. The molecule has 1 aromatic carbocycles. The average molecular weight is 351 g/mol. The number of aryl methyl sites for hydroxylation is 1. The quantitative estimate of drug-likeness (QED) is 0.716. The number of hydrogen-bond donors (Lipinski definition) is 0. The van der Waals surface area contributed by atoms with E-state index in [-0.39, 0.29) is 5.91 Å². The molecule has 0 aliphatic carbocycles. The molecule has 1 aliphatic heterocycles. The lowest BCUT2D eigenvalue weighted by Gasteiger charge is -2.31. The van der Waals surface area contributed by atoms with Crippen LogP contribution in [0.1, 0.15) is 34.9 Å². The Morgan fingerprint density at radius 2 is 2.15 bits per heavy atom. The first-order valence-electron chi connectivity index (χ1n) is 8.92. The zero-order valence-electron chi connectivity index (χ0n) is 14.7. The van der Waals surface area contributed by atoms with E-state index < -0.39 is 0 Å². The second-order valence-corrected chi connectivity index (χ2v) is 6.77. The van der Waals surface area contributed by atoms with Gasteiger partial charge >= 0.3 is 0 Å². The Kier molecular flexibility index (Phi) is 4.56. The predicted octanol–water partition coefficient (Wildman–Crippen LogP) is 3.73. The maximum Gasteiger partial charge on any atom is 0.289 e. The minimum Gasteiger partial charge on any atom is -0.459 e. The van der Waals surface area contributed by atoms with Crippen molar-refractivity contribution in [2.24, 2.45) is 5.92 Å². The first-order valence-corrected chi connectivity index (χ1v) is 8.92. The Bertz CT molecular complexity index is 885. The lowest BCUT2D eigenvalue weighted by Crippen LogP contribution is -2.40. The van der Waals surface area contributed by atoms with E-state index in [9.17, 15) is 4.79 Å². The molecule has 1 fully saturated rings. The van der Waals surface area contributed by atoms with E-state index in [1.807, 2.05) is 36.1 Å². The number of carbonyl (C=O) groups is 1. The van der Waals surface area contributed by atoms with Crippen LogP contribution in [0.25, 0.3) is 11.4 Å². The van der Waals surface area contributed by atoms with Crippen LogP contribution in [0.15, 0.2) is 51.6 Å². The molecule has 4 rings (SSSR count). The highest BCUT2D eigenvalue weighted by atomic mass is 16.5. The van der Waals surface area contributed by atoms with Gasteiger partial charge in [-0.1, -0.05) is 29.4 Å². The van der Waals surface area contributed by atoms with Gasteiger partial charge in [-0.05, 0) is 43.4 Å². The van der Waals surface area contributed by atoms with E-state index in [4.69, 9.17) is 8.94 Å². The van der Waals surface area contributed by atoms with Gasteiger partial charge in [-0.25, -0.2) is 0 Å². The van der Waals surface area contributed by atoms with Crippen LogP contribution in [-0.2, 0) is 6.42 Å². The first-order chi connectivity index (χ1) is 12.7. The Balaban J connectivity index is 1.43. The highest BCUT2D eigenvalue weighted by Gasteiger charge is 2.27. The van der Waals surface area contributed by atoms with E-state index in [0.717, 1.165) is 30.5 Å². The second-order valence-electron chi connectivity index (χ2n) is 6.77. The average Bonchev–Trinajstić information content (AvgIpc) is 3.34. The molecule has 6 heteroatoms. The van der Waals surface area contributed by atoms with Gasteiger partial charge in [0.25, 0.3) is 5.91 Å². The van der Waals surface area contributed by atoms with Gasteiger partial charge in [0.1, 0.15) is 0 Å². The first kappa shape index (κ1) is 16.6. The summed E-state index contributed by atoms with van der Waals surface area (Å²) in [6.07, 6.45) is 4.22. The number of furan rings is 1. The van der Waals surface area contributed by atoms with Crippen LogP contribution in [0, 0.1) is 12.8 Å². The van der Waals surface area contributed by atoms with Crippen LogP contribution in [-0.4, -0.2) is 34.0 Å². The molecular weight excluding hydrogens is 330 g/mol. The molecule has 1 aliphatic rings. The summed E-state index contributed by atoms with van der Waals surface area (Å²) in [4.78, 5) is 18.9. The molecule has 0 unspecified atom stereocenters. The fourth-order valence-electron chi connectivity index (χ4n) is 3.49. The number of hydrogen-bond acceptors (Lipinski definition) is 5. The summed E-state index contributed by atoms with van der Waals surface area (Å²) in [6, 6.07) is 11.4. The molecular formula is C20H21N3O3. The largest absolute Gasteiger partial charge is 0.459 e. The highest BCUT2D eigenvalue weighted by Crippen LogP contribution is 2.24. The van der Waals surface area contributed by atoms with Crippen molar-refractivity contribution >= 4 is 5.91 Å². The molecule has 0 saturated carbocycles. The molecule has 6 nitrogen and oxygen atoms in total. The molecule has 1 saturated heterocycles. The topological polar surface area (TPSA) is 72.4 Å².